The Morgan fingerprint density at radius 2 is 1.89 bits per heavy atom. The lowest BCUT2D eigenvalue weighted by molar-refractivity contribution is -0.142. The van der Waals surface area contributed by atoms with E-state index in [2.05, 4.69) is 5.32 Å². The Balaban J connectivity index is 2.46. The topological polar surface area (TPSA) is 113 Å². The fraction of sp³-hybridized carbons (Fsp3) is 0.833. The first-order valence-corrected chi connectivity index (χ1v) is 6.39. The minimum absolute atomic E-state index is 0.0125. The van der Waals surface area contributed by atoms with Crippen LogP contribution in [0.4, 0.5) is 0 Å². The Kier molecular flexibility index (Phi) is 5.55. The van der Waals surface area contributed by atoms with Crippen LogP contribution in [0.5, 0.6) is 0 Å². The summed E-state index contributed by atoms with van der Waals surface area (Å²) in [7, 11) is 0. The van der Waals surface area contributed by atoms with Gasteiger partial charge in [-0.25, -0.2) is 4.79 Å². The molecule has 0 bridgehead atoms. The average Bonchev–Trinajstić information content (AvgIpc) is 2.28. The lowest BCUT2D eigenvalue weighted by atomic mass is 9.80. The lowest BCUT2D eigenvalue weighted by Gasteiger charge is -2.33. The second kappa shape index (κ2) is 6.70. The summed E-state index contributed by atoms with van der Waals surface area (Å²) in [5.74, 6) is -1.48. The van der Waals surface area contributed by atoms with Crippen molar-refractivity contribution < 1.29 is 19.8 Å². The summed E-state index contributed by atoms with van der Waals surface area (Å²) in [5.41, 5.74) is 5.63. The van der Waals surface area contributed by atoms with Gasteiger partial charge in [0.2, 0.25) is 5.91 Å². The van der Waals surface area contributed by atoms with Crippen LogP contribution in [0.1, 0.15) is 44.9 Å². The highest BCUT2D eigenvalue weighted by atomic mass is 16.4. The largest absolute Gasteiger partial charge is 0.480 e. The Hall–Kier alpha value is -1.14. The number of carbonyl (C=O) groups is 2. The second-order valence-corrected chi connectivity index (χ2v) is 5.07. The van der Waals surface area contributed by atoms with Crippen LogP contribution in [-0.4, -0.2) is 40.3 Å². The predicted molar refractivity (Wildman–Crippen MR) is 65.9 cm³/mol. The van der Waals surface area contributed by atoms with E-state index in [1.165, 1.54) is 0 Å². The van der Waals surface area contributed by atoms with E-state index in [1.807, 2.05) is 0 Å². The van der Waals surface area contributed by atoms with Gasteiger partial charge >= 0.3 is 5.97 Å². The molecule has 1 rings (SSSR count). The summed E-state index contributed by atoms with van der Waals surface area (Å²) in [6.45, 7) is -0.273. The number of hydrogen-bond donors (Lipinski definition) is 4. The third kappa shape index (κ3) is 4.62. The molecular weight excluding hydrogens is 236 g/mol. The highest BCUT2D eigenvalue weighted by Crippen LogP contribution is 2.28. The summed E-state index contributed by atoms with van der Waals surface area (Å²) in [5, 5.41) is 20.0. The van der Waals surface area contributed by atoms with Gasteiger partial charge in [-0.15, -0.1) is 0 Å². The number of aliphatic hydroxyl groups excluding tert-OH is 1. The molecule has 1 aliphatic rings. The van der Waals surface area contributed by atoms with Crippen molar-refractivity contribution in [3.05, 3.63) is 0 Å². The van der Waals surface area contributed by atoms with E-state index in [9.17, 15) is 9.59 Å². The molecule has 0 aromatic rings. The van der Waals surface area contributed by atoms with Crippen molar-refractivity contribution in [3.63, 3.8) is 0 Å². The molecule has 0 aromatic heterocycles. The van der Waals surface area contributed by atoms with Crippen molar-refractivity contribution in [2.45, 2.75) is 56.5 Å². The van der Waals surface area contributed by atoms with E-state index in [-0.39, 0.29) is 25.4 Å². The minimum atomic E-state index is -1.13. The van der Waals surface area contributed by atoms with Crippen molar-refractivity contribution in [3.8, 4) is 0 Å². The third-order valence-corrected chi connectivity index (χ3v) is 3.41. The summed E-state index contributed by atoms with van der Waals surface area (Å²) in [4.78, 5) is 22.6. The molecular formula is C12H22N2O4. The van der Waals surface area contributed by atoms with Gasteiger partial charge in [0.25, 0.3) is 0 Å². The number of carbonyl (C=O) groups excluding carboxylic acids is 1. The van der Waals surface area contributed by atoms with Crippen molar-refractivity contribution >= 4 is 11.9 Å². The first-order valence-electron chi connectivity index (χ1n) is 6.39. The smallest absolute Gasteiger partial charge is 0.326 e. The third-order valence-electron chi connectivity index (χ3n) is 3.41. The van der Waals surface area contributed by atoms with Gasteiger partial charge in [0, 0.05) is 25.0 Å². The molecule has 1 saturated carbocycles. The van der Waals surface area contributed by atoms with Gasteiger partial charge in [-0.3, -0.25) is 4.79 Å². The van der Waals surface area contributed by atoms with E-state index < -0.39 is 17.6 Å². The average molecular weight is 258 g/mol. The maximum Gasteiger partial charge on any atom is 0.326 e. The van der Waals surface area contributed by atoms with Crippen molar-refractivity contribution in [1.82, 2.24) is 5.32 Å². The first kappa shape index (κ1) is 14.9. The molecule has 0 radical (unpaired) electrons. The Morgan fingerprint density at radius 3 is 2.39 bits per heavy atom. The molecule has 0 unspecified atom stereocenters. The quantitative estimate of drug-likeness (QED) is 0.535. The minimum Gasteiger partial charge on any atom is -0.480 e. The molecule has 1 fully saturated rings. The number of hydrogen-bond acceptors (Lipinski definition) is 4. The molecule has 6 heteroatoms. The summed E-state index contributed by atoms with van der Waals surface area (Å²) in [6.07, 6.45) is 4.95. The van der Waals surface area contributed by atoms with Crippen LogP contribution in [0.15, 0.2) is 0 Å². The maximum atomic E-state index is 11.8. The van der Waals surface area contributed by atoms with Crippen molar-refractivity contribution in [1.29, 1.82) is 0 Å². The Bertz CT molecular complexity index is 300. The second-order valence-electron chi connectivity index (χ2n) is 5.07. The molecule has 1 aliphatic carbocycles. The van der Waals surface area contributed by atoms with Crippen molar-refractivity contribution in [2.75, 3.05) is 6.61 Å². The monoisotopic (exact) mass is 258 g/mol. The Morgan fingerprint density at radius 1 is 1.28 bits per heavy atom. The van der Waals surface area contributed by atoms with Crippen LogP contribution in [-0.2, 0) is 9.59 Å². The van der Waals surface area contributed by atoms with Gasteiger partial charge in [-0.05, 0) is 12.8 Å². The van der Waals surface area contributed by atoms with Gasteiger partial charge in [0.1, 0.15) is 6.04 Å². The number of aliphatic hydroxyl groups is 1. The van der Waals surface area contributed by atoms with Crippen LogP contribution in [0.3, 0.4) is 0 Å². The molecule has 1 amide bonds. The van der Waals surface area contributed by atoms with Gasteiger partial charge in [-0.2, -0.15) is 0 Å². The molecule has 0 aromatic carbocycles. The van der Waals surface area contributed by atoms with Crippen molar-refractivity contribution in [2.24, 2.45) is 5.73 Å². The molecule has 0 spiro atoms. The molecule has 6 nitrogen and oxygen atoms in total. The number of carboxylic acids is 1. The normalized spacial score (nSPS) is 20.1. The highest BCUT2D eigenvalue weighted by Gasteiger charge is 2.31. The fourth-order valence-electron chi connectivity index (χ4n) is 2.38. The summed E-state index contributed by atoms with van der Waals surface area (Å²) in [6, 6.07) is -1.03. The number of carboxylic acid groups (broad SMARTS) is 1. The molecule has 1 atom stereocenters. The first-order chi connectivity index (χ1) is 8.47. The number of aliphatic carboxylic acids is 1. The maximum absolute atomic E-state index is 11.8. The Labute approximate surface area is 107 Å². The van der Waals surface area contributed by atoms with Crippen LogP contribution in [0.2, 0.25) is 0 Å². The van der Waals surface area contributed by atoms with E-state index in [1.54, 1.807) is 0 Å². The zero-order valence-electron chi connectivity index (χ0n) is 10.5. The van der Waals surface area contributed by atoms with Crippen LogP contribution in [0, 0.1) is 0 Å². The number of amides is 1. The van der Waals surface area contributed by atoms with Crippen LogP contribution < -0.4 is 11.1 Å². The van der Waals surface area contributed by atoms with Crippen LogP contribution >= 0.6 is 0 Å². The molecule has 5 N–H and O–H groups in total. The van der Waals surface area contributed by atoms with Gasteiger partial charge in [0.05, 0.1) is 0 Å². The lowest BCUT2D eigenvalue weighted by Crippen LogP contribution is -2.49. The van der Waals surface area contributed by atoms with E-state index >= 15 is 0 Å². The number of nitrogens with one attached hydrogen (secondary N) is 1. The van der Waals surface area contributed by atoms with Crippen LogP contribution in [0.25, 0.3) is 0 Å². The van der Waals surface area contributed by atoms with Gasteiger partial charge < -0.3 is 21.3 Å². The zero-order chi connectivity index (χ0) is 13.6. The number of nitrogens with two attached hydrogens (primary N) is 1. The standard InChI is InChI=1S/C12H22N2O4/c13-12(5-2-1-3-6-12)8-10(16)14-9(4-7-15)11(17)18/h9,15H,1-8,13H2,(H,14,16)(H,17,18)/t9-/m1/s1. The molecule has 18 heavy (non-hydrogen) atoms. The summed E-state index contributed by atoms with van der Waals surface area (Å²) >= 11 is 0. The SMILES string of the molecule is NC1(CC(=O)N[C@H](CCO)C(=O)O)CCCCC1. The van der Waals surface area contributed by atoms with E-state index in [4.69, 9.17) is 15.9 Å². The van der Waals surface area contributed by atoms with E-state index in [0.29, 0.717) is 0 Å². The zero-order valence-corrected chi connectivity index (χ0v) is 10.5. The predicted octanol–water partition coefficient (Wildman–Crippen LogP) is -0.0101. The molecule has 0 saturated heterocycles. The van der Waals surface area contributed by atoms with Gasteiger partial charge in [0.15, 0.2) is 0 Å². The number of rotatable bonds is 6. The van der Waals surface area contributed by atoms with E-state index in [0.717, 1.165) is 32.1 Å². The molecule has 104 valence electrons. The fourth-order valence-corrected chi connectivity index (χ4v) is 2.38. The molecule has 0 heterocycles. The van der Waals surface area contributed by atoms with Gasteiger partial charge in [-0.1, -0.05) is 19.3 Å². The molecule has 0 aliphatic heterocycles. The highest BCUT2D eigenvalue weighted by molar-refractivity contribution is 5.84. The summed E-state index contributed by atoms with van der Waals surface area (Å²) < 4.78 is 0.